The van der Waals surface area contributed by atoms with Crippen LogP contribution < -0.4 is 9.64 Å². The maximum atomic E-state index is 12.9. The van der Waals surface area contributed by atoms with Crippen molar-refractivity contribution in [3.05, 3.63) is 41.0 Å². The van der Waals surface area contributed by atoms with Gasteiger partial charge < -0.3 is 9.64 Å². The highest BCUT2D eigenvalue weighted by Gasteiger charge is 2.21. The van der Waals surface area contributed by atoms with Gasteiger partial charge in [0, 0.05) is 19.2 Å². The maximum absolute atomic E-state index is 12.9. The van der Waals surface area contributed by atoms with Crippen LogP contribution in [0.1, 0.15) is 23.5 Å². The Labute approximate surface area is 166 Å². The zero-order chi connectivity index (χ0) is 19.5. The van der Waals surface area contributed by atoms with Gasteiger partial charge in [0.05, 0.1) is 34.6 Å². The van der Waals surface area contributed by atoms with Crippen LogP contribution in [0.5, 0.6) is 5.88 Å². The molecule has 0 N–H and O–H groups in total. The third-order valence-corrected chi connectivity index (χ3v) is 5.84. The van der Waals surface area contributed by atoms with Gasteiger partial charge in [0.15, 0.2) is 5.82 Å². The number of piperidine rings is 1. The molecule has 0 bridgehead atoms. The number of aryl methyl sites for hydroxylation is 2. The van der Waals surface area contributed by atoms with Crippen LogP contribution >= 0.6 is 11.3 Å². The molecule has 0 aromatic carbocycles. The number of aromatic nitrogens is 5. The summed E-state index contributed by atoms with van der Waals surface area (Å²) in [5.41, 5.74) is 1.80. The van der Waals surface area contributed by atoms with E-state index in [0.29, 0.717) is 24.4 Å². The summed E-state index contributed by atoms with van der Waals surface area (Å²) in [7, 11) is 0. The van der Waals surface area contributed by atoms with Crippen molar-refractivity contribution in [3.8, 4) is 16.5 Å². The van der Waals surface area contributed by atoms with Crippen molar-refractivity contribution in [1.29, 1.82) is 0 Å². The van der Waals surface area contributed by atoms with Gasteiger partial charge in [-0.2, -0.15) is 0 Å². The molecule has 0 unspecified atom stereocenters. The molecule has 1 saturated heterocycles. The average molecular weight is 400 g/mol. The molecule has 4 rings (SSSR count). The molecule has 0 spiro atoms. The first-order chi connectivity index (χ1) is 13.6. The summed E-state index contributed by atoms with van der Waals surface area (Å²) in [6, 6.07) is 3.79. The van der Waals surface area contributed by atoms with Crippen LogP contribution in [0.25, 0.3) is 10.6 Å². The van der Waals surface area contributed by atoms with Gasteiger partial charge in [-0.3, -0.25) is 0 Å². The molecule has 1 aliphatic rings. The summed E-state index contributed by atoms with van der Waals surface area (Å²) in [5, 5.41) is 9.51. The van der Waals surface area contributed by atoms with E-state index in [2.05, 4.69) is 30.0 Å². The molecule has 0 saturated carbocycles. The molecule has 146 valence electrons. The standard InChI is InChI=1S/C19H21FN6OS/c1-12-18(28-13(2)23-12)16-3-4-17(25-24-16)27-11-14-5-7-26(8-6-14)19-21-9-15(20)10-22-19/h3-4,9-10,14H,5-8,11H2,1-2H3. The summed E-state index contributed by atoms with van der Waals surface area (Å²) >= 11 is 1.62. The predicted octanol–water partition coefficient (Wildman–Crippen LogP) is 3.44. The van der Waals surface area contributed by atoms with E-state index >= 15 is 0 Å². The van der Waals surface area contributed by atoms with E-state index in [4.69, 9.17) is 4.74 Å². The van der Waals surface area contributed by atoms with E-state index in [-0.39, 0.29) is 0 Å². The van der Waals surface area contributed by atoms with Crippen molar-refractivity contribution in [2.45, 2.75) is 26.7 Å². The molecule has 1 aliphatic heterocycles. The second kappa shape index (κ2) is 8.14. The number of rotatable bonds is 5. The third kappa shape index (κ3) is 4.24. The summed E-state index contributed by atoms with van der Waals surface area (Å²) in [5.74, 6) is 1.13. The van der Waals surface area contributed by atoms with Crippen LogP contribution in [0.15, 0.2) is 24.5 Å². The van der Waals surface area contributed by atoms with E-state index in [1.54, 1.807) is 11.3 Å². The molecule has 3 aromatic rings. The maximum Gasteiger partial charge on any atom is 0.233 e. The first-order valence-corrected chi connectivity index (χ1v) is 10.0. The van der Waals surface area contributed by atoms with Gasteiger partial charge >= 0.3 is 0 Å². The quantitative estimate of drug-likeness (QED) is 0.649. The summed E-state index contributed by atoms with van der Waals surface area (Å²) in [4.78, 5) is 15.6. The molecular weight excluding hydrogens is 379 g/mol. The number of anilines is 1. The van der Waals surface area contributed by atoms with Crippen LogP contribution in [0.3, 0.4) is 0 Å². The lowest BCUT2D eigenvalue weighted by atomic mass is 9.98. The Kier molecular flexibility index (Phi) is 5.43. The number of thiazole rings is 1. The molecule has 3 aromatic heterocycles. The fraction of sp³-hybridized carbons (Fsp3) is 0.421. The predicted molar refractivity (Wildman–Crippen MR) is 105 cm³/mol. The minimum atomic E-state index is -0.417. The fourth-order valence-corrected chi connectivity index (χ4v) is 4.14. The zero-order valence-corrected chi connectivity index (χ0v) is 16.6. The summed E-state index contributed by atoms with van der Waals surface area (Å²) in [6.07, 6.45) is 4.33. The Bertz CT molecular complexity index is 923. The third-order valence-electron chi connectivity index (χ3n) is 4.75. The molecule has 4 heterocycles. The van der Waals surface area contributed by atoms with Crippen LogP contribution in [-0.4, -0.2) is 44.8 Å². The first-order valence-electron chi connectivity index (χ1n) is 9.22. The SMILES string of the molecule is Cc1nc(C)c(-c2ccc(OCC3CCN(c4ncc(F)cn4)CC3)nn2)s1. The molecule has 0 radical (unpaired) electrons. The van der Waals surface area contributed by atoms with Crippen LogP contribution in [0, 0.1) is 25.6 Å². The van der Waals surface area contributed by atoms with E-state index < -0.39 is 5.82 Å². The van der Waals surface area contributed by atoms with E-state index in [0.717, 1.165) is 47.2 Å². The average Bonchev–Trinajstić information content (AvgIpc) is 3.06. The van der Waals surface area contributed by atoms with Crippen molar-refractivity contribution >= 4 is 17.3 Å². The van der Waals surface area contributed by atoms with Crippen molar-refractivity contribution in [2.75, 3.05) is 24.6 Å². The molecule has 0 atom stereocenters. The minimum absolute atomic E-state index is 0.417. The highest BCUT2D eigenvalue weighted by atomic mass is 32.1. The van der Waals surface area contributed by atoms with Gasteiger partial charge in [-0.1, -0.05) is 0 Å². The molecule has 0 aliphatic carbocycles. The Balaban J connectivity index is 1.28. The Morgan fingerprint density at radius 2 is 1.89 bits per heavy atom. The lowest BCUT2D eigenvalue weighted by molar-refractivity contribution is 0.214. The number of hydrogen-bond acceptors (Lipinski definition) is 8. The van der Waals surface area contributed by atoms with E-state index in [1.807, 2.05) is 26.0 Å². The minimum Gasteiger partial charge on any atom is -0.476 e. The first kappa shape index (κ1) is 18.7. The van der Waals surface area contributed by atoms with Crippen LogP contribution in [0.4, 0.5) is 10.3 Å². The van der Waals surface area contributed by atoms with Gasteiger partial charge in [0.2, 0.25) is 11.8 Å². The second-order valence-electron chi connectivity index (χ2n) is 6.85. The van der Waals surface area contributed by atoms with Gasteiger partial charge in [-0.25, -0.2) is 19.3 Å². The molecule has 7 nitrogen and oxygen atoms in total. The zero-order valence-electron chi connectivity index (χ0n) is 15.8. The van der Waals surface area contributed by atoms with Crippen LogP contribution in [-0.2, 0) is 0 Å². The highest BCUT2D eigenvalue weighted by molar-refractivity contribution is 7.15. The molecule has 0 amide bonds. The number of ether oxygens (including phenoxy) is 1. The van der Waals surface area contributed by atoms with Crippen molar-refractivity contribution in [3.63, 3.8) is 0 Å². The van der Waals surface area contributed by atoms with Gasteiger partial charge in [0.1, 0.15) is 5.69 Å². The Hall–Kier alpha value is -2.68. The molecule has 1 fully saturated rings. The van der Waals surface area contributed by atoms with Crippen molar-refractivity contribution in [2.24, 2.45) is 5.92 Å². The Morgan fingerprint density at radius 1 is 1.14 bits per heavy atom. The summed E-state index contributed by atoms with van der Waals surface area (Å²) in [6.45, 7) is 6.22. The van der Waals surface area contributed by atoms with Crippen LogP contribution in [0.2, 0.25) is 0 Å². The molecule has 9 heteroatoms. The van der Waals surface area contributed by atoms with E-state index in [1.165, 1.54) is 12.4 Å². The highest BCUT2D eigenvalue weighted by Crippen LogP contribution is 2.28. The monoisotopic (exact) mass is 400 g/mol. The number of halogens is 1. The smallest absolute Gasteiger partial charge is 0.233 e. The summed E-state index contributed by atoms with van der Waals surface area (Å²) < 4.78 is 18.8. The lowest BCUT2D eigenvalue weighted by Crippen LogP contribution is -2.36. The van der Waals surface area contributed by atoms with Gasteiger partial charge in [-0.05, 0) is 38.7 Å². The molecular formula is C19H21FN6OS. The van der Waals surface area contributed by atoms with Gasteiger partial charge in [0.25, 0.3) is 0 Å². The van der Waals surface area contributed by atoms with Gasteiger partial charge in [-0.15, -0.1) is 21.5 Å². The Morgan fingerprint density at radius 3 is 2.50 bits per heavy atom. The fourth-order valence-electron chi connectivity index (χ4n) is 3.26. The largest absolute Gasteiger partial charge is 0.476 e. The van der Waals surface area contributed by atoms with Crippen molar-refractivity contribution < 1.29 is 9.13 Å². The lowest BCUT2D eigenvalue weighted by Gasteiger charge is -2.31. The number of nitrogens with zero attached hydrogens (tertiary/aromatic N) is 6. The topological polar surface area (TPSA) is 76.9 Å². The van der Waals surface area contributed by atoms with E-state index in [9.17, 15) is 4.39 Å². The van der Waals surface area contributed by atoms with Crippen molar-refractivity contribution in [1.82, 2.24) is 25.1 Å². The number of hydrogen-bond donors (Lipinski definition) is 0. The normalized spacial score (nSPS) is 15.0. The molecule has 28 heavy (non-hydrogen) atoms. The second-order valence-corrected chi connectivity index (χ2v) is 8.05.